The summed E-state index contributed by atoms with van der Waals surface area (Å²) >= 11 is 0. The van der Waals surface area contributed by atoms with Crippen LogP contribution in [0.4, 0.5) is 0 Å². The van der Waals surface area contributed by atoms with Crippen LogP contribution in [0, 0.1) is 18.3 Å². The first kappa shape index (κ1) is 13.0. The van der Waals surface area contributed by atoms with E-state index in [1.54, 1.807) is 24.3 Å². The van der Waals surface area contributed by atoms with E-state index in [-0.39, 0.29) is 5.78 Å². The van der Waals surface area contributed by atoms with E-state index in [2.05, 4.69) is 12.1 Å². The SMILES string of the molecule is Cc1cccc(CCC(=O)c2ccccc2C#N)c1. The lowest BCUT2D eigenvalue weighted by Crippen LogP contribution is -2.03. The third-order valence-corrected chi connectivity index (χ3v) is 3.07. The number of rotatable bonds is 4. The van der Waals surface area contributed by atoms with Gasteiger partial charge in [0.15, 0.2) is 5.78 Å². The van der Waals surface area contributed by atoms with Gasteiger partial charge in [0.2, 0.25) is 0 Å². The Bertz CT molecular complexity index is 638. The van der Waals surface area contributed by atoms with Crippen molar-refractivity contribution in [1.29, 1.82) is 5.26 Å². The predicted octanol–water partition coefficient (Wildman–Crippen LogP) is 3.68. The third kappa shape index (κ3) is 3.29. The Morgan fingerprint density at radius 1 is 1.16 bits per heavy atom. The van der Waals surface area contributed by atoms with E-state index in [4.69, 9.17) is 5.26 Å². The van der Waals surface area contributed by atoms with Gasteiger partial charge in [-0.3, -0.25) is 4.79 Å². The van der Waals surface area contributed by atoms with Crippen molar-refractivity contribution in [3.8, 4) is 6.07 Å². The molecule has 0 atom stereocenters. The van der Waals surface area contributed by atoms with Crippen LogP contribution in [-0.2, 0) is 6.42 Å². The largest absolute Gasteiger partial charge is 0.294 e. The highest BCUT2D eigenvalue weighted by atomic mass is 16.1. The molecule has 0 N–H and O–H groups in total. The number of hydrogen-bond donors (Lipinski definition) is 0. The lowest BCUT2D eigenvalue weighted by atomic mass is 9.98. The van der Waals surface area contributed by atoms with Crippen molar-refractivity contribution >= 4 is 5.78 Å². The van der Waals surface area contributed by atoms with Crippen LogP contribution in [0.15, 0.2) is 48.5 Å². The second-order valence-corrected chi connectivity index (χ2v) is 4.57. The smallest absolute Gasteiger partial charge is 0.164 e. The first-order chi connectivity index (χ1) is 9.20. The van der Waals surface area contributed by atoms with E-state index in [0.717, 1.165) is 5.56 Å². The number of nitrogens with zero attached hydrogens (tertiary/aromatic N) is 1. The lowest BCUT2D eigenvalue weighted by molar-refractivity contribution is 0.0982. The van der Waals surface area contributed by atoms with Crippen LogP contribution in [0.25, 0.3) is 0 Å². The molecule has 19 heavy (non-hydrogen) atoms. The Labute approximate surface area is 113 Å². The minimum Gasteiger partial charge on any atom is -0.294 e. The van der Waals surface area contributed by atoms with E-state index in [1.165, 1.54) is 5.56 Å². The summed E-state index contributed by atoms with van der Waals surface area (Å²) in [4.78, 5) is 12.1. The first-order valence-corrected chi connectivity index (χ1v) is 6.28. The lowest BCUT2D eigenvalue weighted by Gasteiger charge is -2.04. The summed E-state index contributed by atoms with van der Waals surface area (Å²) in [5.74, 6) is 0.0265. The molecule has 2 aromatic carbocycles. The molecule has 0 aliphatic rings. The summed E-state index contributed by atoms with van der Waals surface area (Å²) in [6, 6.07) is 17.2. The predicted molar refractivity (Wildman–Crippen MR) is 75.0 cm³/mol. The van der Waals surface area contributed by atoms with E-state index >= 15 is 0 Å². The molecule has 0 amide bonds. The number of nitriles is 1. The fourth-order valence-electron chi connectivity index (χ4n) is 2.08. The summed E-state index contributed by atoms with van der Waals surface area (Å²) in [6.45, 7) is 2.04. The van der Waals surface area contributed by atoms with Crippen molar-refractivity contribution in [2.45, 2.75) is 19.8 Å². The highest BCUT2D eigenvalue weighted by Crippen LogP contribution is 2.13. The zero-order valence-corrected chi connectivity index (χ0v) is 10.9. The highest BCUT2D eigenvalue weighted by Gasteiger charge is 2.10. The van der Waals surface area contributed by atoms with Gasteiger partial charge in [0.1, 0.15) is 0 Å². The number of aryl methyl sites for hydroxylation is 2. The summed E-state index contributed by atoms with van der Waals surface area (Å²) in [7, 11) is 0. The molecule has 0 bridgehead atoms. The topological polar surface area (TPSA) is 40.9 Å². The molecule has 2 heteroatoms. The Morgan fingerprint density at radius 2 is 1.95 bits per heavy atom. The molecule has 0 unspecified atom stereocenters. The molecule has 2 nitrogen and oxygen atoms in total. The summed E-state index contributed by atoms with van der Waals surface area (Å²) in [6.07, 6.45) is 1.14. The number of carbonyl (C=O) groups is 1. The zero-order chi connectivity index (χ0) is 13.7. The Morgan fingerprint density at radius 3 is 2.68 bits per heavy atom. The van der Waals surface area contributed by atoms with Gasteiger partial charge < -0.3 is 0 Å². The molecule has 0 saturated heterocycles. The fourth-order valence-corrected chi connectivity index (χ4v) is 2.08. The molecule has 0 heterocycles. The standard InChI is InChI=1S/C17H15NO/c1-13-5-4-6-14(11-13)9-10-17(19)16-8-3-2-7-15(16)12-18/h2-8,11H,9-10H2,1H3. The molecule has 0 aliphatic heterocycles. The Balaban J connectivity index is 2.08. The van der Waals surface area contributed by atoms with Gasteiger partial charge in [0.05, 0.1) is 11.6 Å². The average molecular weight is 249 g/mol. The highest BCUT2D eigenvalue weighted by molar-refractivity contribution is 5.98. The van der Waals surface area contributed by atoms with Gasteiger partial charge in [0.25, 0.3) is 0 Å². The molecule has 94 valence electrons. The van der Waals surface area contributed by atoms with E-state index in [9.17, 15) is 4.79 Å². The molecule has 2 rings (SSSR count). The first-order valence-electron chi connectivity index (χ1n) is 6.28. The van der Waals surface area contributed by atoms with Crippen molar-refractivity contribution in [1.82, 2.24) is 0 Å². The molecule has 0 saturated carbocycles. The second-order valence-electron chi connectivity index (χ2n) is 4.57. The molecule has 0 radical (unpaired) electrons. The normalized spacial score (nSPS) is 9.89. The Kier molecular flexibility index (Phi) is 4.10. The van der Waals surface area contributed by atoms with Crippen molar-refractivity contribution < 1.29 is 4.79 Å². The van der Waals surface area contributed by atoms with Gasteiger partial charge in [-0.1, -0.05) is 48.0 Å². The van der Waals surface area contributed by atoms with Crippen molar-refractivity contribution in [3.63, 3.8) is 0 Å². The quantitative estimate of drug-likeness (QED) is 0.775. The molecular formula is C17H15NO. The van der Waals surface area contributed by atoms with Gasteiger partial charge in [0, 0.05) is 12.0 Å². The van der Waals surface area contributed by atoms with Gasteiger partial charge in [-0.05, 0) is 25.0 Å². The zero-order valence-electron chi connectivity index (χ0n) is 10.9. The maximum atomic E-state index is 12.1. The molecule has 0 aromatic heterocycles. The van der Waals surface area contributed by atoms with E-state index < -0.39 is 0 Å². The van der Waals surface area contributed by atoms with Crippen molar-refractivity contribution in [2.24, 2.45) is 0 Å². The van der Waals surface area contributed by atoms with Crippen LogP contribution in [-0.4, -0.2) is 5.78 Å². The van der Waals surface area contributed by atoms with E-state index in [1.807, 2.05) is 25.1 Å². The maximum absolute atomic E-state index is 12.1. The van der Waals surface area contributed by atoms with Crippen LogP contribution < -0.4 is 0 Å². The van der Waals surface area contributed by atoms with Gasteiger partial charge in [-0.15, -0.1) is 0 Å². The summed E-state index contributed by atoms with van der Waals surface area (Å²) < 4.78 is 0. The molecule has 0 spiro atoms. The molecular weight excluding hydrogens is 234 g/mol. The Hall–Kier alpha value is -2.40. The maximum Gasteiger partial charge on any atom is 0.164 e. The second kappa shape index (κ2) is 5.97. The van der Waals surface area contributed by atoms with Crippen LogP contribution in [0.3, 0.4) is 0 Å². The molecule has 0 fully saturated rings. The van der Waals surface area contributed by atoms with Crippen molar-refractivity contribution in [3.05, 3.63) is 70.8 Å². The number of carbonyl (C=O) groups excluding carboxylic acids is 1. The number of hydrogen-bond acceptors (Lipinski definition) is 2. The fraction of sp³-hybridized carbons (Fsp3) is 0.176. The van der Waals surface area contributed by atoms with Crippen LogP contribution in [0.1, 0.15) is 33.5 Å². The van der Waals surface area contributed by atoms with Gasteiger partial charge in [-0.25, -0.2) is 0 Å². The molecule has 0 aliphatic carbocycles. The minimum absolute atomic E-state index is 0.0265. The van der Waals surface area contributed by atoms with Gasteiger partial charge >= 0.3 is 0 Å². The van der Waals surface area contributed by atoms with Crippen LogP contribution in [0.5, 0.6) is 0 Å². The van der Waals surface area contributed by atoms with Crippen LogP contribution in [0.2, 0.25) is 0 Å². The van der Waals surface area contributed by atoms with E-state index in [0.29, 0.717) is 24.0 Å². The van der Waals surface area contributed by atoms with Crippen molar-refractivity contribution in [2.75, 3.05) is 0 Å². The minimum atomic E-state index is 0.0265. The van der Waals surface area contributed by atoms with Gasteiger partial charge in [-0.2, -0.15) is 5.26 Å². The van der Waals surface area contributed by atoms with Crippen LogP contribution >= 0.6 is 0 Å². The third-order valence-electron chi connectivity index (χ3n) is 3.07. The monoisotopic (exact) mass is 249 g/mol. The number of Topliss-reactive ketones (excluding diaryl/α,β-unsaturated/α-hetero) is 1. The molecule has 2 aromatic rings. The average Bonchev–Trinajstić information content (AvgIpc) is 2.45. The number of ketones is 1. The summed E-state index contributed by atoms with van der Waals surface area (Å²) in [5, 5.41) is 8.99. The summed E-state index contributed by atoms with van der Waals surface area (Å²) in [5.41, 5.74) is 3.33. The number of benzene rings is 2.